The van der Waals surface area contributed by atoms with Gasteiger partial charge in [-0.2, -0.15) is 0 Å². The van der Waals surface area contributed by atoms with Crippen LogP contribution in [0.2, 0.25) is 0 Å². The Morgan fingerprint density at radius 2 is 1.94 bits per heavy atom. The summed E-state index contributed by atoms with van der Waals surface area (Å²) in [5.74, 6) is 0.840. The van der Waals surface area contributed by atoms with E-state index in [1.807, 2.05) is 37.3 Å². The Morgan fingerprint density at radius 3 is 2.53 bits per heavy atom. The molecular formula is C14H20N2O. The number of rotatable bonds is 4. The standard InChI is InChI=1S/C14H20N2O/c1-10-8-13(9-10)15-11(2)14(17)16-12-6-4-3-5-7-12/h3-7,10-11,13,15H,8-9H2,1-2H3,(H,16,17). The van der Waals surface area contributed by atoms with E-state index in [-0.39, 0.29) is 11.9 Å². The van der Waals surface area contributed by atoms with Gasteiger partial charge in [0.1, 0.15) is 0 Å². The van der Waals surface area contributed by atoms with Crippen molar-refractivity contribution in [2.45, 2.75) is 38.8 Å². The molecule has 1 amide bonds. The van der Waals surface area contributed by atoms with Gasteiger partial charge >= 0.3 is 0 Å². The summed E-state index contributed by atoms with van der Waals surface area (Å²) in [5.41, 5.74) is 0.855. The van der Waals surface area contributed by atoms with Crippen molar-refractivity contribution < 1.29 is 4.79 Å². The molecule has 0 radical (unpaired) electrons. The maximum atomic E-state index is 11.9. The molecule has 3 nitrogen and oxygen atoms in total. The first-order chi connectivity index (χ1) is 8.15. The highest BCUT2D eigenvalue weighted by atomic mass is 16.2. The predicted molar refractivity (Wildman–Crippen MR) is 69.9 cm³/mol. The van der Waals surface area contributed by atoms with Crippen molar-refractivity contribution >= 4 is 11.6 Å². The van der Waals surface area contributed by atoms with Gasteiger partial charge < -0.3 is 10.6 Å². The Hall–Kier alpha value is -1.35. The summed E-state index contributed by atoms with van der Waals surface area (Å²) >= 11 is 0. The van der Waals surface area contributed by atoms with Gasteiger partial charge in [-0.3, -0.25) is 4.79 Å². The monoisotopic (exact) mass is 232 g/mol. The first kappa shape index (κ1) is 12.1. The molecule has 2 rings (SSSR count). The van der Waals surface area contributed by atoms with Crippen LogP contribution in [-0.4, -0.2) is 18.0 Å². The van der Waals surface area contributed by atoms with Gasteiger partial charge in [-0.15, -0.1) is 0 Å². The average Bonchev–Trinajstić information content (AvgIpc) is 2.28. The van der Waals surface area contributed by atoms with Gasteiger partial charge in [0.2, 0.25) is 5.91 Å². The summed E-state index contributed by atoms with van der Waals surface area (Å²) in [6.45, 7) is 4.16. The topological polar surface area (TPSA) is 41.1 Å². The number of nitrogens with one attached hydrogen (secondary N) is 2. The quantitative estimate of drug-likeness (QED) is 0.837. The second kappa shape index (κ2) is 5.32. The van der Waals surface area contributed by atoms with Crippen molar-refractivity contribution in [1.29, 1.82) is 0 Å². The largest absolute Gasteiger partial charge is 0.325 e. The minimum atomic E-state index is -0.132. The van der Waals surface area contributed by atoms with Crippen LogP contribution < -0.4 is 10.6 Å². The fourth-order valence-corrected chi connectivity index (χ4v) is 2.24. The van der Waals surface area contributed by atoms with E-state index in [9.17, 15) is 4.79 Å². The van der Waals surface area contributed by atoms with Crippen molar-refractivity contribution in [1.82, 2.24) is 5.32 Å². The molecule has 1 atom stereocenters. The normalized spacial score (nSPS) is 24.8. The number of carbonyl (C=O) groups excluding carboxylic acids is 1. The number of anilines is 1. The molecule has 1 unspecified atom stereocenters. The van der Waals surface area contributed by atoms with Crippen LogP contribution in [0.3, 0.4) is 0 Å². The minimum Gasteiger partial charge on any atom is -0.325 e. The first-order valence-corrected chi connectivity index (χ1v) is 6.27. The van der Waals surface area contributed by atoms with E-state index in [1.54, 1.807) is 0 Å². The van der Waals surface area contributed by atoms with Gasteiger partial charge in [0.05, 0.1) is 6.04 Å². The molecule has 0 spiro atoms. The Bertz CT molecular complexity index is 371. The van der Waals surface area contributed by atoms with E-state index in [0.717, 1.165) is 11.6 Å². The summed E-state index contributed by atoms with van der Waals surface area (Å²) in [7, 11) is 0. The zero-order chi connectivity index (χ0) is 12.3. The van der Waals surface area contributed by atoms with Crippen LogP contribution in [0.1, 0.15) is 26.7 Å². The number of benzene rings is 1. The van der Waals surface area contributed by atoms with Gasteiger partial charge in [0, 0.05) is 11.7 Å². The summed E-state index contributed by atoms with van der Waals surface area (Å²) in [6, 6.07) is 9.95. The fraction of sp³-hybridized carbons (Fsp3) is 0.500. The van der Waals surface area contributed by atoms with E-state index in [2.05, 4.69) is 17.6 Å². The van der Waals surface area contributed by atoms with Crippen LogP contribution in [0, 0.1) is 5.92 Å². The van der Waals surface area contributed by atoms with Crippen molar-refractivity contribution in [2.75, 3.05) is 5.32 Å². The molecule has 1 saturated carbocycles. The molecule has 0 aromatic heterocycles. The van der Waals surface area contributed by atoms with Crippen molar-refractivity contribution in [3.8, 4) is 0 Å². The molecule has 0 bridgehead atoms. The van der Waals surface area contributed by atoms with E-state index in [1.165, 1.54) is 12.8 Å². The molecule has 1 aliphatic rings. The Morgan fingerprint density at radius 1 is 1.29 bits per heavy atom. The third-order valence-electron chi connectivity index (χ3n) is 3.29. The molecule has 0 saturated heterocycles. The molecule has 2 N–H and O–H groups in total. The lowest BCUT2D eigenvalue weighted by Crippen LogP contribution is -2.49. The molecule has 1 aliphatic carbocycles. The molecule has 1 aromatic rings. The highest BCUT2D eigenvalue weighted by molar-refractivity contribution is 5.94. The highest BCUT2D eigenvalue weighted by Gasteiger charge is 2.27. The molecule has 17 heavy (non-hydrogen) atoms. The lowest BCUT2D eigenvalue weighted by atomic mass is 9.81. The number of amides is 1. The van der Waals surface area contributed by atoms with Gasteiger partial charge in [-0.05, 0) is 37.8 Å². The Kier molecular flexibility index (Phi) is 3.79. The number of para-hydroxylation sites is 1. The lowest BCUT2D eigenvalue weighted by molar-refractivity contribution is -0.118. The zero-order valence-electron chi connectivity index (χ0n) is 10.4. The van der Waals surface area contributed by atoms with Gasteiger partial charge in [-0.25, -0.2) is 0 Å². The molecule has 92 valence electrons. The molecule has 3 heteroatoms. The van der Waals surface area contributed by atoms with Gasteiger partial charge in [0.15, 0.2) is 0 Å². The van der Waals surface area contributed by atoms with Gasteiger partial charge in [0.25, 0.3) is 0 Å². The Balaban J connectivity index is 1.79. The van der Waals surface area contributed by atoms with Crippen molar-refractivity contribution in [2.24, 2.45) is 5.92 Å². The third-order valence-corrected chi connectivity index (χ3v) is 3.29. The maximum Gasteiger partial charge on any atom is 0.241 e. The maximum absolute atomic E-state index is 11.9. The smallest absolute Gasteiger partial charge is 0.241 e. The Labute approximate surface area is 103 Å². The highest BCUT2D eigenvalue weighted by Crippen LogP contribution is 2.26. The van der Waals surface area contributed by atoms with Crippen LogP contribution in [0.15, 0.2) is 30.3 Å². The minimum absolute atomic E-state index is 0.0377. The van der Waals surface area contributed by atoms with E-state index in [0.29, 0.717) is 6.04 Å². The van der Waals surface area contributed by atoms with Crippen molar-refractivity contribution in [3.63, 3.8) is 0 Å². The molecule has 1 fully saturated rings. The van der Waals surface area contributed by atoms with Gasteiger partial charge in [-0.1, -0.05) is 25.1 Å². The summed E-state index contributed by atoms with van der Waals surface area (Å²) < 4.78 is 0. The number of hydrogen-bond donors (Lipinski definition) is 2. The second-order valence-corrected chi connectivity index (χ2v) is 5.02. The molecular weight excluding hydrogens is 212 g/mol. The predicted octanol–water partition coefficient (Wildman–Crippen LogP) is 2.40. The third kappa shape index (κ3) is 3.30. The summed E-state index contributed by atoms with van der Waals surface area (Å²) in [4.78, 5) is 11.9. The van der Waals surface area contributed by atoms with E-state index >= 15 is 0 Å². The number of carbonyl (C=O) groups is 1. The van der Waals surface area contributed by atoms with Crippen LogP contribution >= 0.6 is 0 Å². The van der Waals surface area contributed by atoms with E-state index < -0.39 is 0 Å². The second-order valence-electron chi connectivity index (χ2n) is 5.02. The first-order valence-electron chi connectivity index (χ1n) is 6.27. The average molecular weight is 232 g/mol. The SMILES string of the molecule is CC1CC(NC(C)C(=O)Nc2ccccc2)C1. The van der Waals surface area contributed by atoms with E-state index in [4.69, 9.17) is 0 Å². The van der Waals surface area contributed by atoms with Crippen LogP contribution in [0.5, 0.6) is 0 Å². The zero-order valence-corrected chi connectivity index (χ0v) is 10.4. The molecule has 1 aromatic carbocycles. The van der Waals surface area contributed by atoms with Crippen LogP contribution in [-0.2, 0) is 4.79 Å². The lowest BCUT2D eigenvalue weighted by Gasteiger charge is -2.35. The molecule has 0 aliphatic heterocycles. The summed E-state index contributed by atoms with van der Waals surface area (Å²) in [6.07, 6.45) is 2.37. The van der Waals surface area contributed by atoms with Crippen LogP contribution in [0.25, 0.3) is 0 Å². The van der Waals surface area contributed by atoms with Crippen molar-refractivity contribution in [3.05, 3.63) is 30.3 Å². The van der Waals surface area contributed by atoms with Crippen LogP contribution in [0.4, 0.5) is 5.69 Å². The molecule has 0 heterocycles. The fourth-order valence-electron chi connectivity index (χ4n) is 2.24. The number of hydrogen-bond acceptors (Lipinski definition) is 2. The summed E-state index contributed by atoms with van der Waals surface area (Å²) in [5, 5.41) is 6.26.